The molecule has 0 bridgehead atoms. The van der Waals surface area contributed by atoms with Gasteiger partial charge in [-0.15, -0.1) is 0 Å². The van der Waals surface area contributed by atoms with Crippen molar-refractivity contribution in [3.63, 3.8) is 0 Å². The molecule has 0 aliphatic rings. The summed E-state index contributed by atoms with van der Waals surface area (Å²) in [4.78, 5) is 20.3. The van der Waals surface area contributed by atoms with Gasteiger partial charge in [0.15, 0.2) is 5.82 Å². The van der Waals surface area contributed by atoms with Crippen LogP contribution < -0.4 is 5.32 Å². The molecule has 0 saturated heterocycles. The van der Waals surface area contributed by atoms with Gasteiger partial charge in [-0.2, -0.15) is 4.98 Å². The molecule has 1 aromatic carbocycles. The third-order valence-corrected chi connectivity index (χ3v) is 4.26. The Kier molecular flexibility index (Phi) is 5.08. The lowest BCUT2D eigenvalue weighted by molar-refractivity contribution is -0.113. The second-order valence-electron chi connectivity index (χ2n) is 5.33. The van der Waals surface area contributed by atoms with E-state index < -0.39 is 0 Å². The lowest BCUT2D eigenvalue weighted by Crippen LogP contribution is -2.14. The zero-order chi connectivity index (χ0) is 17.8. The zero-order valence-corrected chi connectivity index (χ0v) is 14.4. The van der Waals surface area contributed by atoms with E-state index in [4.69, 9.17) is 4.52 Å². The molecule has 8 heteroatoms. The van der Waals surface area contributed by atoms with Crippen molar-refractivity contribution in [2.24, 2.45) is 0 Å². The molecule has 0 spiro atoms. The number of hydrogen-bond donors (Lipinski definition) is 1. The van der Waals surface area contributed by atoms with E-state index in [1.165, 1.54) is 17.8 Å². The minimum Gasteiger partial charge on any atom is -0.334 e. The fourth-order valence-electron chi connectivity index (χ4n) is 2.01. The van der Waals surface area contributed by atoms with Crippen LogP contribution in [0.4, 0.5) is 10.1 Å². The lowest BCUT2D eigenvalue weighted by Gasteiger charge is -2.06. The quantitative estimate of drug-likeness (QED) is 0.702. The first-order chi connectivity index (χ1) is 12.0. The van der Waals surface area contributed by atoms with E-state index in [2.05, 4.69) is 20.4 Å². The first-order valence-corrected chi connectivity index (χ1v) is 8.45. The number of pyridine rings is 1. The standard InChI is InChI=1S/C17H15FN4O2S/c1-10-3-5-13(7-14(10)18)21-15(23)9-25-16-6-4-12(8-19-16)17-20-11(2)22-24-17/h3-8H,9H2,1-2H3,(H,21,23). The Morgan fingerprint density at radius 2 is 2.12 bits per heavy atom. The minimum atomic E-state index is -0.348. The summed E-state index contributed by atoms with van der Waals surface area (Å²) in [6.45, 7) is 3.41. The molecule has 3 aromatic rings. The molecule has 2 aromatic heterocycles. The van der Waals surface area contributed by atoms with Crippen molar-refractivity contribution in [3.05, 3.63) is 53.7 Å². The summed E-state index contributed by atoms with van der Waals surface area (Å²) < 4.78 is 18.5. The number of amides is 1. The van der Waals surface area contributed by atoms with E-state index in [9.17, 15) is 9.18 Å². The summed E-state index contributed by atoms with van der Waals surface area (Å²) in [6.07, 6.45) is 1.61. The fraction of sp³-hybridized carbons (Fsp3) is 0.176. The van der Waals surface area contributed by atoms with Crippen molar-refractivity contribution in [1.82, 2.24) is 15.1 Å². The van der Waals surface area contributed by atoms with Crippen molar-refractivity contribution < 1.29 is 13.7 Å². The molecule has 0 atom stereocenters. The van der Waals surface area contributed by atoms with Gasteiger partial charge >= 0.3 is 0 Å². The van der Waals surface area contributed by atoms with Crippen molar-refractivity contribution in [3.8, 4) is 11.5 Å². The van der Waals surface area contributed by atoms with Crippen LogP contribution in [0.2, 0.25) is 0 Å². The van der Waals surface area contributed by atoms with Crippen molar-refractivity contribution in [2.75, 3.05) is 11.1 Å². The largest absolute Gasteiger partial charge is 0.334 e. The van der Waals surface area contributed by atoms with Gasteiger partial charge in [-0.1, -0.05) is 23.0 Å². The molecule has 0 saturated carbocycles. The van der Waals surface area contributed by atoms with E-state index in [1.807, 2.05) is 0 Å². The third kappa shape index (κ3) is 4.42. The van der Waals surface area contributed by atoms with Crippen LogP contribution in [-0.4, -0.2) is 26.8 Å². The Morgan fingerprint density at radius 1 is 1.28 bits per heavy atom. The summed E-state index contributed by atoms with van der Waals surface area (Å²) in [5.74, 6) is 0.547. The van der Waals surface area contributed by atoms with E-state index in [1.54, 1.807) is 44.3 Å². The number of carbonyl (C=O) groups excluding carboxylic acids is 1. The number of aromatic nitrogens is 3. The monoisotopic (exact) mass is 358 g/mol. The van der Waals surface area contributed by atoms with Gasteiger partial charge in [0, 0.05) is 11.9 Å². The Bertz CT molecular complexity index is 896. The summed E-state index contributed by atoms with van der Waals surface area (Å²) in [7, 11) is 0. The van der Waals surface area contributed by atoms with Gasteiger partial charge in [0.2, 0.25) is 5.91 Å². The Morgan fingerprint density at radius 3 is 2.76 bits per heavy atom. The molecular weight excluding hydrogens is 343 g/mol. The highest BCUT2D eigenvalue weighted by atomic mass is 32.2. The Labute approximate surface area is 147 Å². The molecule has 25 heavy (non-hydrogen) atoms. The number of halogens is 1. The fourth-order valence-corrected chi connectivity index (χ4v) is 2.66. The molecule has 2 heterocycles. The maximum absolute atomic E-state index is 13.5. The predicted molar refractivity (Wildman–Crippen MR) is 92.8 cm³/mol. The van der Waals surface area contributed by atoms with E-state index in [0.29, 0.717) is 33.6 Å². The number of anilines is 1. The van der Waals surface area contributed by atoms with Crippen LogP contribution in [0.3, 0.4) is 0 Å². The average Bonchev–Trinajstić information content (AvgIpc) is 3.03. The summed E-state index contributed by atoms with van der Waals surface area (Å²) in [5.41, 5.74) is 1.68. The number of thioether (sulfide) groups is 1. The van der Waals surface area contributed by atoms with Crippen LogP contribution in [0.15, 0.2) is 46.1 Å². The molecule has 3 rings (SSSR count). The highest BCUT2D eigenvalue weighted by Gasteiger charge is 2.09. The Balaban J connectivity index is 1.55. The molecule has 1 amide bonds. The number of nitrogens with zero attached hydrogens (tertiary/aromatic N) is 3. The maximum atomic E-state index is 13.5. The minimum absolute atomic E-state index is 0.168. The molecule has 6 nitrogen and oxygen atoms in total. The molecule has 0 radical (unpaired) electrons. The summed E-state index contributed by atoms with van der Waals surface area (Å²) in [6, 6.07) is 8.17. The second-order valence-corrected chi connectivity index (χ2v) is 6.33. The molecular formula is C17H15FN4O2S. The third-order valence-electron chi connectivity index (χ3n) is 3.32. The van der Waals surface area contributed by atoms with Crippen LogP contribution in [0.5, 0.6) is 0 Å². The molecule has 0 unspecified atom stereocenters. The van der Waals surface area contributed by atoms with Crippen LogP contribution in [0.25, 0.3) is 11.5 Å². The first kappa shape index (κ1) is 17.1. The number of rotatable bonds is 5. The van der Waals surface area contributed by atoms with Crippen LogP contribution >= 0.6 is 11.8 Å². The number of aryl methyl sites for hydroxylation is 2. The van der Waals surface area contributed by atoms with E-state index in [-0.39, 0.29) is 17.5 Å². The van der Waals surface area contributed by atoms with Crippen molar-refractivity contribution in [2.45, 2.75) is 18.9 Å². The number of benzene rings is 1. The van der Waals surface area contributed by atoms with Gasteiger partial charge in [0.25, 0.3) is 5.89 Å². The maximum Gasteiger partial charge on any atom is 0.259 e. The first-order valence-electron chi connectivity index (χ1n) is 7.47. The highest BCUT2D eigenvalue weighted by molar-refractivity contribution is 7.99. The summed E-state index contributed by atoms with van der Waals surface area (Å²) in [5, 5.41) is 7.07. The smallest absolute Gasteiger partial charge is 0.259 e. The number of carbonyl (C=O) groups is 1. The number of hydrogen-bond acceptors (Lipinski definition) is 6. The van der Waals surface area contributed by atoms with Crippen molar-refractivity contribution in [1.29, 1.82) is 0 Å². The molecule has 0 fully saturated rings. The second kappa shape index (κ2) is 7.43. The zero-order valence-electron chi connectivity index (χ0n) is 13.6. The van der Waals surface area contributed by atoms with Crippen LogP contribution in [-0.2, 0) is 4.79 Å². The topological polar surface area (TPSA) is 80.9 Å². The Hall–Kier alpha value is -2.74. The van der Waals surface area contributed by atoms with Gasteiger partial charge in [-0.25, -0.2) is 9.37 Å². The van der Waals surface area contributed by atoms with Gasteiger partial charge in [-0.3, -0.25) is 4.79 Å². The lowest BCUT2D eigenvalue weighted by atomic mass is 10.2. The highest BCUT2D eigenvalue weighted by Crippen LogP contribution is 2.21. The van der Waals surface area contributed by atoms with Crippen LogP contribution in [0, 0.1) is 19.7 Å². The van der Waals surface area contributed by atoms with Crippen molar-refractivity contribution >= 4 is 23.4 Å². The molecule has 0 aliphatic carbocycles. The van der Waals surface area contributed by atoms with Gasteiger partial charge in [0.05, 0.1) is 16.3 Å². The average molecular weight is 358 g/mol. The van der Waals surface area contributed by atoms with E-state index in [0.717, 1.165) is 0 Å². The van der Waals surface area contributed by atoms with Gasteiger partial charge in [-0.05, 0) is 43.7 Å². The summed E-state index contributed by atoms with van der Waals surface area (Å²) >= 11 is 1.28. The molecule has 128 valence electrons. The number of nitrogens with one attached hydrogen (secondary N) is 1. The van der Waals surface area contributed by atoms with Gasteiger partial charge < -0.3 is 9.84 Å². The predicted octanol–water partition coefficient (Wildman–Crippen LogP) is 3.62. The molecule has 1 N–H and O–H groups in total. The molecule has 0 aliphatic heterocycles. The van der Waals surface area contributed by atoms with E-state index >= 15 is 0 Å². The SMILES string of the molecule is Cc1noc(-c2ccc(SCC(=O)Nc3ccc(C)c(F)c3)nc2)n1. The van der Waals surface area contributed by atoms with Gasteiger partial charge in [0.1, 0.15) is 5.82 Å². The normalized spacial score (nSPS) is 10.7. The van der Waals surface area contributed by atoms with Crippen LogP contribution in [0.1, 0.15) is 11.4 Å².